The molecule has 0 aromatic rings. The quantitative estimate of drug-likeness (QED) is 0.197. The van der Waals surface area contributed by atoms with E-state index in [1.54, 1.807) is 0 Å². The molecular formula is C14HF24NO3. The average molecular weight is 687 g/mol. The lowest BCUT2D eigenvalue weighted by Crippen LogP contribution is -3.11. The van der Waals surface area contributed by atoms with Crippen molar-refractivity contribution in [2.24, 2.45) is 0 Å². The van der Waals surface area contributed by atoms with Crippen LogP contribution in [0.25, 0.3) is 0 Å². The van der Waals surface area contributed by atoms with Crippen molar-refractivity contribution in [2.45, 2.75) is 82.4 Å². The van der Waals surface area contributed by atoms with Crippen molar-refractivity contribution in [3.63, 3.8) is 0 Å². The van der Waals surface area contributed by atoms with E-state index in [9.17, 15) is 88.0 Å². The van der Waals surface area contributed by atoms with Crippen molar-refractivity contribution >= 4 is 0 Å². The molecule has 1 N–H and O–H groups in total. The fourth-order valence-corrected chi connectivity index (χ4v) is 4.81. The summed E-state index contributed by atoms with van der Waals surface area (Å²) in [6.45, 7) is 0. The van der Waals surface area contributed by atoms with Gasteiger partial charge in [-0.25, -0.2) is 8.78 Å². The zero-order valence-corrected chi connectivity index (χ0v) is 17.8. The third kappa shape index (κ3) is 2.61. The van der Waals surface area contributed by atoms with Crippen LogP contribution < -0.4 is 0 Å². The normalized spacial score (nSPS) is 39.6. The van der Waals surface area contributed by atoms with Crippen LogP contribution in [0, 0.1) is 0 Å². The fourth-order valence-electron chi connectivity index (χ4n) is 4.81. The molecule has 2 unspecified atom stereocenters. The lowest BCUT2D eigenvalue weighted by Gasteiger charge is -2.76. The predicted octanol–water partition coefficient (Wildman–Crippen LogP) is 6.20. The van der Waals surface area contributed by atoms with Crippen LogP contribution in [-0.2, 0) is 9.47 Å². The summed E-state index contributed by atoms with van der Waals surface area (Å²) in [6.07, 6.45) is -24.1. The highest BCUT2D eigenvalue weighted by molar-refractivity contribution is 5.54. The number of hydrogen-bond donors (Lipinski definition) is 1. The first-order valence-corrected chi connectivity index (χ1v) is 9.26. The van der Waals surface area contributed by atoms with Crippen molar-refractivity contribution in [2.75, 3.05) is 0 Å². The molecule has 4 saturated carbocycles. The molecule has 0 heterocycles. The van der Waals surface area contributed by atoms with E-state index in [0.717, 1.165) is 0 Å². The molecule has 0 saturated heterocycles. The van der Waals surface area contributed by atoms with E-state index in [1.807, 2.05) is 0 Å². The van der Waals surface area contributed by atoms with Gasteiger partial charge < -0.3 is 5.11 Å². The van der Waals surface area contributed by atoms with E-state index in [2.05, 4.69) is 0 Å². The van der Waals surface area contributed by atoms with Gasteiger partial charge in [0.2, 0.25) is 0 Å². The first-order chi connectivity index (χ1) is 17.9. The van der Waals surface area contributed by atoms with Crippen molar-refractivity contribution < 1.29 is 120 Å². The van der Waals surface area contributed by atoms with Crippen LogP contribution >= 0.6 is 0 Å². The van der Waals surface area contributed by atoms with E-state index in [0.29, 0.717) is 0 Å². The minimum absolute atomic E-state index is 1.44. The van der Waals surface area contributed by atoms with Crippen molar-refractivity contribution in [1.29, 1.82) is 0 Å². The van der Waals surface area contributed by atoms with E-state index in [4.69, 9.17) is 5.11 Å². The first-order valence-electron chi connectivity index (χ1n) is 9.26. The molecule has 28 heteroatoms. The number of ether oxygens (including phenoxy) is 2. The fraction of sp³-hybridized carbons (Fsp3) is 1.00. The molecular weight excluding hydrogens is 686 g/mol. The maximum Gasteiger partial charge on any atom is 0.449 e. The topological polar surface area (TPSA) is 41.9 Å². The van der Waals surface area contributed by atoms with E-state index in [1.165, 1.54) is 9.47 Å². The Morgan fingerprint density at radius 2 is 0.690 bits per heavy atom. The van der Waals surface area contributed by atoms with E-state index in [-0.39, 0.29) is 0 Å². The lowest BCUT2D eigenvalue weighted by atomic mass is 9.39. The second-order valence-corrected chi connectivity index (χ2v) is 8.68. The Morgan fingerprint density at radius 3 is 0.929 bits per heavy atom. The molecule has 4 rings (SSSR count). The Hall–Kier alpha value is -1.84. The van der Waals surface area contributed by atoms with Gasteiger partial charge in [-0.3, -0.25) is 9.47 Å². The summed E-state index contributed by atoms with van der Waals surface area (Å²) in [5.74, 6) is -53.9. The van der Waals surface area contributed by atoms with Crippen LogP contribution in [0.2, 0.25) is 0 Å². The zero-order valence-electron chi connectivity index (χ0n) is 17.8. The standard InChI is InChI=1S/C14HF24NO3/c15-1-5(17,18)2(16)7(21,22)3(6(1,19)20,41-13(33,34)11(29,30)39(37)38)10(27,28)4(8(1,23)24,9(2,25)26)42-14(35,36)12(31,32)40/h40H. The summed E-state index contributed by atoms with van der Waals surface area (Å²) in [6, 6.07) is -7.99. The highest BCUT2D eigenvalue weighted by atomic mass is 19.4. The smallest absolute Gasteiger partial charge is 0.329 e. The van der Waals surface area contributed by atoms with E-state index < -0.39 is 87.8 Å². The molecule has 4 bridgehead atoms. The number of hydrogen-bond acceptors (Lipinski definition) is 4. The van der Waals surface area contributed by atoms with Crippen LogP contribution in [0.4, 0.5) is 106 Å². The molecule has 0 aromatic carbocycles. The summed E-state index contributed by atoms with van der Waals surface area (Å²) in [5, 5.41) is 3.54. The number of nitrogens with zero attached hydrogens (tertiary/aromatic N) is 1. The molecule has 0 amide bonds. The molecule has 4 aliphatic carbocycles. The van der Waals surface area contributed by atoms with E-state index >= 15 is 17.6 Å². The highest BCUT2D eigenvalue weighted by Gasteiger charge is 3.24. The minimum atomic E-state index is -9.17. The number of rotatable bonds is 7. The first kappa shape index (κ1) is 34.6. The van der Waals surface area contributed by atoms with Gasteiger partial charge in [0.05, 0.1) is 0 Å². The van der Waals surface area contributed by atoms with Crippen molar-refractivity contribution in [3.05, 3.63) is 0 Å². The average Bonchev–Trinajstić information content (AvgIpc) is 2.74. The Bertz CT molecular complexity index is 1120. The van der Waals surface area contributed by atoms with Gasteiger partial charge in [0.1, 0.15) is 5.34 Å². The Kier molecular flexibility index (Phi) is 6.19. The number of alkyl halides is 22. The van der Waals surface area contributed by atoms with Gasteiger partial charge in [-0.15, -0.1) is 0 Å². The van der Waals surface area contributed by atoms with Crippen LogP contribution in [0.5, 0.6) is 0 Å². The van der Waals surface area contributed by atoms with Gasteiger partial charge in [0.15, 0.2) is 0 Å². The van der Waals surface area contributed by atoms with Gasteiger partial charge in [-0.1, -0.05) is 8.96 Å². The summed E-state index contributed by atoms with van der Waals surface area (Å²) in [4.78, 5) is 0. The Labute approximate surface area is 209 Å². The van der Waals surface area contributed by atoms with Gasteiger partial charge in [-0.2, -0.15) is 87.8 Å². The Morgan fingerprint density at radius 1 is 0.429 bits per heavy atom. The van der Waals surface area contributed by atoms with Crippen LogP contribution in [0.1, 0.15) is 0 Å². The Balaban J connectivity index is 2.73. The summed E-state index contributed by atoms with van der Waals surface area (Å²) >= 11 is 0. The van der Waals surface area contributed by atoms with Crippen molar-refractivity contribution in [1.82, 2.24) is 5.34 Å². The molecule has 4 fully saturated rings. The zero-order chi connectivity index (χ0) is 34.0. The van der Waals surface area contributed by atoms with Crippen LogP contribution in [0.3, 0.4) is 0 Å². The van der Waals surface area contributed by atoms with Gasteiger partial charge in [0, 0.05) is 0 Å². The molecule has 0 aliphatic heterocycles. The van der Waals surface area contributed by atoms with Crippen LogP contribution in [-0.4, -0.2) is 92.9 Å². The number of halogens is 24. The third-order valence-electron chi connectivity index (χ3n) is 6.72. The molecule has 0 aromatic heterocycles. The van der Waals surface area contributed by atoms with Gasteiger partial charge in [-0.05, 0) is 0 Å². The maximum absolute atomic E-state index is 15.2. The monoisotopic (exact) mass is 687 g/mol. The van der Waals surface area contributed by atoms with Crippen LogP contribution in [0.15, 0.2) is 0 Å². The lowest BCUT2D eigenvalue weighted by molar-refractivity contribution is -0.659. The summed E-state index contributed by atoms with van der Waals surface area (Å²) in [7, 11) is 0. The van der Waals surface area contributed by atoms with Gasteiger partial charge in [0.25, 0.3) is 11.2 Å². The van der Waals surface area contributed by atoms with Gasteiger partial charge >= 0.3 is 71.2 Å². The molecule has 4 nitrogen and oxygen atoms in total. The third-order valence-corrected chi connectivity index (χ3v) is 6.72. The predicted molar refractivity (Wildman–Crippen MR) is 71.1 cm³/mol. The SMILES string of the molecule is OC(F)(F)C(F)(F)OC12C(F)(F)C3(F)C(F)(F)C(F)(C1(F)F)C(F)(F)C(OC(F)(F)C(F)(F)N(F)F)(C3(F)F)C2(F)F. The van der Waals surface area contributed by atoms with Crippen molar-refractivity contribution in [3.8, 4) is 0 Å². The molecule has 2 atom stereocenters. The summed E-state index contributed by atoms with van der Waals surface area (Å²) in [5.41, 5.74) is -35.6. The summed E-state index contributed by atoms with van der Waals surface area (Å²) < 4.78 is 343. The molecule has 42 heavy (non-hydrogen) atoms. The maximum atomic E-state index is 15.2. The second-order valence-electron chi connectivity index (χ2n) is 8.68. The number of aliphatic hydroxyl groups is 1. The minimum Gasteiger partial charge on any atom is -0.329 e. The largest absolute Gasteiger partial charge is 0.449 e. The second kappa shape index (κ2) is 7.51. The molecule has 248 valence electrons. The molecule has 4 aliphatic rings. The molecule has 0 spiro atoms. The highest BCUT2D eigenvalue weighted by Crippen LogP contribution is 2.89. The molecule has 0 radical (unpaired) electrons.